The summed E-state index contributed by atoms with van der Waals surface area (Å²) >= 11 is 0. The van der Waals surface area contributed by atoms with Crippen molar-refractivity contribution >= 4 is 87.0 Å². The van der Waals surface area contributed by atoms with E-state index >= 15 is 0 Å². The van der Waals surface area contributed by atoms with Crippen LogP contribution in [0.5, 0.6) is 0 Å². The molecule has 4 heterocycles. The molecule has 4 aromatic heterocycles. The number of aromatic nitrogens is 4. The molecule has 0 unspecified atom stereocenters. The SMILES string of the molecule is O=c1c2ccccc2c2ccccc2n1-c1ccc(-n2c3ccccc3c3ccc4c5ccccc5n(-c5ccc(-n6c(=O)c7ccccc7c7ccccc76)cc5)c4c32)cc1. The number of nitrogens with zero attached hydrogens (tertiary/aromatic N) is 4. The summed E-state index contributed by atoms with van der Waals surface area (Å²) in [6.07, 6.45) is 0. The Balaban J connectivity index is 1.04. The lowest BCUT2D eigenvalue weighted by Crippen LogP contribution is -2.19. The number of para-hydroxylation sites is 4. The van der Waals surface area contributed by atoms with E-state index in [1.54, 1.807) is 0 Å². The van der Waals surface area contributed by atoms with E-state index in [-0.39, 0.29) is 11.1 Å². The standard InChI is InChI=1S/C56H34N4O2/c61-55-47-19-3-1-13-39(47)41-15-5-11-23-51(41)59(55)37-29-25-35(26-30-37)57-49-21-9-7-17-43(49)45-33-34-46-44-18-8-10-22-50(44)58(54(46)53(45)57)36-27-31-38(32-28-36)60-52-24-12-6-16-42(52)40-14-2-4-20-48(40)56(60)62/h1-34H. The first-order chi connectivity index (χ1) is 30.6. The van der Waals surface area contributed by atoms with Crippen molar-refractivity contribution in [3.05, 3.63) is 227 Å². The lowest BCUT2D eigenvalue weighted by atomic mass is 10.1. The molecule has 6 nitrogen and oxygen atoms in total. The summed E-state index contributed by atoms with van der Waals surface area (Å²) in [6, 6.07) is 70.4. The van der Waals surface area contributed by atoms with Crippen molar-refractivity contribution in [2.24, 2.45) is 0 Å². The van der Waals surface area contributed by atoms with Crippen molar-refractivity contribution in [3.8, 4) is 22.7 Å². The smallest absolute Gasteiger partial charge is 0.263 e. The molecule has 0 atom stereocenters. The maximum absolute atomic E-state index is 14.2. The number of hydrogen-bond donors (Lipinski definition) is 0. The fourth-order valence-electron chi connectivity index (χ4n) is 10.1. The zero-order valence-corrected chi connectivity index (χ0v) is 33.2. The molecule has 13 aromatic rings. The first-order valence-corrected chi connectivity index (χ1v) is 20.9. The summed E-state index contributed by atoms with van der Waals surface area (Å²) in [5.41, 5.74) is 9.59. The van der Waals surface area contributed by atoms with Gasteiger partial charge in [0.25, 0.3) is 11.1 Å². The predicted octanol–water partition coefficient (Wildman–Crippen LogP) is 12.8. The maximum Gasteiger partial charge on any atom is 0.263 e. The van der Waals surface area contributed by atoms with Crippen LogP contribution in [0.15, 0.2) is 216 Å². The lowest BCUT2D eigenvalue weighted by Gasteiger charge is -2.16. The van der Waals surface area contributed by atoms with Crippen LogP contribution < -0.4 is 11.1 Å². The highest BCUT2D eigenvalue weighted by molar-refractivity contribution is 6.24. The molecule has 0 bridgehead atoms. The summed E-state index contributed by atoms with van der Waals surface area (Å²) in [7, 11) is 0. The normalized spacial score (nSPS) is 12.0. The zero-order valence-electron chi connectivity index (χ0n) is 33.2. The zero-order chi connectivity index (χ0) is 41.1. The van der Waals surface area contributed by atoms with Gasteiger partial charge in [0.05, 0.1) is 33.1 Å². The fourth-order valence-corrected chi connectivity index (χ4v) is 10.1. The third kappa shape index (κ3) is 4.74. The van der Waals surface area contributed by atoms with Gasteiger partial charge in [-0.05, 0) is 95.7 Å². The van der Waals surface area contributed by atoms with Crippen molar-refractivity contribution in [1.29, 1.82) is 0 Å². The van der Waals surface area contributed by atoms with Crippen LogP contribution in [0.2, 0.25) is 0 Å². The largest absolute Gasteiger partial charge is 0.307 e. The van der Waals surface area contributed by atoms with E-state index in [2.05, 4.69) is 130 Å². The Labute approximate surface area is 353 Å². The monoisotopic (exact) mass is 794 g/mol. The highest BCUT2D eigenvalue weighted by Gasteiger charge is 2.22. The molecule has 290 valence electrons. The molecule has 6 heteroatoms. The van der Waals surface area contributed by atoms with Gasteiger partial charge in [0.2, 0.25) is 0 Å². The molecule has 0 spiro atoms. The summed E-state index contributed by atoms with van der Waals surface area (Å²) in [4.78, 5) is 28.4. The van der Waals surface area contributed by atoms with Gasteiger partial charge in [-0.1, -0.05) is 121 Å². The highest BCUT2D eigenvalue weighted by Crippen LogP contribution is 2.42. The minimum Gasteiger partial charge on any atom is -0.307 e. The van der Waals surface area contributed by atoms with Crippen LogP contribution >= 0.6 is 0 Å². The van der Waals surface area contributed by atoms with Crippen molar-refractivity contribution in [2.75, 3.05) is 0 Å². The van der Waals surface area contributed by atoms with E-state index in [1.165, 1.54) is 0 Å². The van der Waals surface area contributed by atoms with E-state index in [0.717, 1.165) is 98.9 Å². The van der Waals surface area contributed by atoms with Gasteiger partial charge in [0.15, 0.2) is 0 Å². The van der Waals surface area contributed by atoms with Gasteiger partial charge in [-0.25, -0.2) is 0 Å². The lowest BCUT2D eigenvalue weighted by molar-refractivity contribution is 1.05. The van der Waals surface area contributed by atoms with Gasteiger partial charge >= 0.3 is 0 Å². The van der Waals surface area contributed by atoms with Gasteiger partial charge in [0, 0.05) is 65.8 Å². The van der Waals surface area contributed by atoms with E-state index in [1.807, 2.05) is 94.1 Å². The Hall–Kier alpha value is -8.48. The molecule has 0 aliphatic rings. The van der Waals surface area contributed by atoms with Gasteiger partial charge in [-0.3, -0.25) is 18.7 Å². The molecular weight excluding hydrogens is 761 g/mol. The molecule has 0 fully saturated rings. The second-order valence-electron chi connectivity index (χ2n) is 16.0. The van der Waals surface area contributed by atoms with Gasteiger partial charge < -0.3 is 9.13 Å². The van der Waals surface area contributed by atoms with Crippen molar-refractivity contribution < 1.29 is 0 Å². The average Bonchev–Trinajstić information content (AvgIpc) is 3.85. The molecule has 0 saturated carbocycles. The van der Waals surface area contributed by atoms with E-state index in [9.17, 15) is 9.59 Å². The van der Waals surface area contributed by atoms with Gasteiger partial charge in [-0.2, -0.15) is 0 Å². The van der Waals surface area contributed by atoms with Gasteiger partial charge in [0.1, 0.15) is 0 Å². The average molecular weight is 795 g/mol. The Morgan fingerprint density at radius 2 is 0.452 bits per heavy atom. The van der Waals surface area contributed by atoms with Crippen molar-refractivity contribution in [3.63, 3.8) is 0 Å². The van der Waals surface area contributed by atoms with Crippen molar-refractivity contribution in [2.45, 2.75) is 0 Å². The fraction of sp³-hybridized carbons (Fsp3) is 0. The van der Waals surface area contributed by atoms with Crippen LogP contribution in [0.4, 0.5) is 0 Å². The molecule has 0 amide bonds. The van der Waals surface area contributed by atoms with Crippen LogP contribution in [0.25, 0.3) is 110 Å². The predicted molar refractivity (Wildman–Crippen MR) is 256 cm³/mol. The molecule has 0 aliphatic carbocycles. The number of benzene rings is 9. The highest BCUT2D eigenvalue weighted by atomic mass is 16.1. The Kier molecular flexibility index (Phi) is 7.22. The third-order valence-corrected chi connectivity index (χ3v) is 12.8. The second-order valence-corrected chi connectivity index (χ2v) is 16.0. The number of fused-ring (bicyclic) bond motifs is 13. The van der Waals surface area contributed by atoms with Gasteiger partial charge in [-0.15, -0.1) is 0 Å². The number of rotatable bonds is 4. The van der Waals surface area contributed by atoms with Crippen molar-refractivity contribution in [1.82, 2.24) is 18.3 Å². The summed E-state index contributed by atoms with van der Waals surface area (Å²) in [5, 5.41) is 9.96. The molecular formula is C56H34N4O2. The number of hydrogen-bond acceptors (Lipinski definition) is 2. The minimum atomic E-state index is -0.0418. The first-order valence-electron chi connectivity index (χ1n) is 20.9. The minimum absolute atomic E-state index is 0.0418. The van der Waals surface area contributed by atoms with Crippen LogP contribution in [-0.4, -0.2) is 18.3 Å². The molecule has 9 aromatic carbocycles. The van der Waals surface area contributed by atoms with E-state index in [4.69, 9.17) is 0 Å². The topological polar surface area (TPSA) is 53.9 Å². The third-order valence-electron chi connectivity index (χ3n) is 12.8. The van der Waals surface area contributed by atoms with E-state index in [0.29, 0.717) is 10.8 Å². The molecule has 0 radical (unpaired) electrons. The Morgan fingerprint density at radius 1 is 0.210 bits per heavy atom. The quantitative estimate of drug-likeness (QED) is 0.167. The summed E-state index contributed by atoms with van der Waals surface area (Å²) in [5.74, 6) is 0. The molecule has 62 heavy (non-hydrogen) atoms. The second kappa shape index (κ2) is 13.0. The van der Waals surface area contributed by atoms with Crippen LogP contribution in [0.1, 0.15) is 0 Å². The van der Waals surface area contributed by atoms with E-state index < -0.39 is 0 Å². The van der Waals surface area contributed by atoms with Crippen LogP contribution in [0.3, 0.4) is 0 Å². The molecule has 13 rings (SSSR count). The molecule has 0 aliphatic heterocycles. The first kappa shape index (κ1) is 34.4. The maximum atomic E-state index is 14.2. The Bertz CT molecular complexity index is 3860. The van der Waals surface area contributed by atoms with Crippen LogP contribution in [-0.2, 0) is 0 Å². The molecule has 0 saturated heterocycles. The summed E-state index contributed by atoms with van der Waals surface area (Å²) < 4.78 is 8.40. The summed E-state index contributed by atoms with van der Waals surface area (Å²) in [6.45, 7) is 0. The Morgan fingerprint density at radius 3 is 0.790 bits per heavy atom. The van der Waals surface area contributed by atoms with Crippen LogP contribution in [0, 0.1) is 0 Å². The number of pyridine rings is 2. The molecule has 0 N–H and O–H groups in total.